The molecule has 3 aliphatic rings. The fourth-order valence-corrected chi connectivity index (χ4v) is 6.67. The van der Waals surface area contributed by atoms with Crippen LogP contribution in [-0.2, 0) is 25.6 Å². The van der Waals surface area contributed by atoms with E-state index in [0.29, 0.717) is 36.6 Å². The van der Waals surface area contributed by atoms with Gasteiger partial charge in [0.15, 0.2) is 6.29 Å². The summed E-state index contributed by atoms with van der Waals surface area (Å²) in [7, 11) is 0. The molecule has 0 bridgehead atoms. The molecule has 0 aromatic heterocycles. The number of unbranched alkanes of at least 4 members (excludes halogenated alkanes) is 2. The van der Waals surface area contributed by atoms with Crippen molar-refractivity contribution in [2.75, 3.05) is 13.2 Å². The molecule has 0 spiro atoms. The maximum absolute atomic E-state index is 13.7. The van der Waals surface area contributed by atoms with Crippen LogP contribution in [0.4, 0.5) is 0 Å². The standard InChI is InChI=1S/C35H52O4/c1-26(2)16-17-27(3)18-19-32(36)35-31-23-29(14-8-5-10-20-37-25-28-12-6-4-7-13-28)22-30(31)24-33(35)39-34-15-9-11-21-38-34/h4,6-7,12-13,16,22,27,30-31,33-35H,5,8-11,14-15,17-21,23-25H2,1-3H3/t27?,30-,31-,33-,34?,35+/m1/s1. The Morgan fingerprint density at radius 2 is 1.97 bits per heavy atom. The van der Waals surface area contributed by atoms with Gasteiger partial charge in [0.1, 0.15) is 5.78 Å². The molecule has 39 heavy (non-hydrogen) atoms. The molecule has 216 valence electrons. The Labute approximate surface area is 237 Å². The predicted octanol–water partition coefficient (Wildman–Crippen LogP) is 8.60. The number of hydrogen-bond donors (Lipinski definition) is 0. The van der Waals surface area contributed by atoms with Gasteiger partial charge in [0.05, 0.1) is 12.7 Å². The molecule has 2 aliphatic carbocycles. The number of ether oxygens (including phenoxy) is 3. The van der Waals surface area contributed by atoms with E-state index in [4.69, 9.17) is 14.2 Å². The maximum Gasteiger partial charge on any atom is 0.157 e. The molecule has 4 heteroatoms. The fraction of sp³-hybridized carbons (Fsp3) is 0.686. The van der Waals surface area contributed by atoms with Gasteiger partial charge in [0.25, 0.3) is 0 Å². The van der Waals surface area contributed by atoms with Crippen molar-refractivity contribution >= 4 is 5.78 Å². The van der Waals surface area contributed by atoms with Gasteiger partial charge in [-0.25, -0.2) is 0 Å². The first kappa shape index (κ1) is 30.2. The van der Waals surface area contributed by atoms with Crippen molar-refractivity contribution in [3.05, 3.63) is 59.2 Å². The number of benzene rings is 1. The number of Topliss-reactive ketones (excluding diaryl/α,β-unsaturated/α-hetero) is 1. The van der Waals surface area contributed by atoms with E-state index in [0.717, 1.165) is 71.0 Å². The molecule has 4 nitrogen and oxygen atoms in total. The smallest absolute Gasteiger partial charge is 0.157 e. The van der Waals surface area contributed by atoms with Crippen molar-refractivity contribution in [2.24, 2.45) is 23.7 Å². The van der Waals surface area contributed by atoms with E-state index in [1.807, 2.05) is 6.07 Å². The van der Waals surface area contributed by atoms with Crippen molar-refractivity contribution < 1.29 is 19.0 Å². The molecule has 2 fully saturated rings. The minimum absolute atomic E-state index is 0.0169. The highest BCUT2D eigenvalue weighted by molar-refractivity contribution is 5.82. The minimum Gasteiger partial charge on any atom is -0.377 e. The lowest BCUT2D eigenvalue weighted by Gasteiger charge is -2.30. The SMILES string of the molecule is CC(C)=CCC(C)CCC(=O)[C@@H]1[C@@H]2CC(CCCCCOCc3ccccc3)=C[C@@H]2C[C@H]1OC1CCCCO1. The summed E-state index contributed by atoms with van der Waals surface area (Å²) < 4.78 is 18.3. The molecule has 1 aromatic carbocycles. The Bertz CT molecular complexity index is 925. The van der Waals surface area contributed by atoms with E-state index in [1.165, 1.54) is 24.0 Å². The van der Waals surface area contributed by atoms with Gasteiger partial charge in [-0.1, -0.05) is 67.0 Å². The predicted molar refractivity (Wildman–Crippen MR) is 158 cm³/mol. The molecule has 0 amide bonds. The first-order valence-corrected chi connectivity index (χ1v) is 15.7. The summed E-state index contributed by atoms with van der Waals surface area (Å²) in [5.41, 5.74) is 4.17. The Morgan fingerprint density at radius 1 is 1.13 bits per heavy atom. The zero-order valence-corrected chi connectivity index (χ0v) is 24.7. The van der Waals surface area contributed by atoms with Crippen molar-refractivity contribution in [3.8, 4) is 0 Å². The van der Waals surface area contributed by atoms with Crippen LogP contribution in [0.5, 0.6) is 0 Å². The highest BCUT2D eigenvalue weighted by atomic mass is 16.7. The monoisotopic (exact) mass is 536 g/mol. The highest BCUT2D eigenvalue weighted by Crippen LogP contribution is 2.50. The molecule has 2 unspecified atom stereocenters. The van der Waals surface area contributed by atoms with Crippen molar-refractivity contribution in [1.82, 2.24) is 0 Å². The van der Waals surface area contributed by atoms with Crippen molar-refractivity contribution in [2.45, 2.75) is 117 Å². The highest BCUT2D eigenvalue weighted by Gasteiger charge is 2.49. The topological polar surface area (TPSA) is 44.8 Å². The molecule has 1 saturated carbocycles. The molecule has 1 aromatic rings. The number of rotatable bonds is 16. The number of carbonyl (C=O) groups is 1. The van der Waals surface area contributed by atoms with Crippen LogP contribution in [-0.4, -0.2) is 31.4 Å². The third-order valence-corrected chi connectivity index (χ3v) is 8.91. The van der Waals surface area contributed by atoms with Crippen LogP contribution in [0.15, 0.2) is 53.6 Å². The van der Waals surface area contributed by atoms with E-state index < -0.39 is 0 Å². The summed E-state index contributed by atoms with van der Waals surface area (Å²) in [5.74, 6) is 1.90. The lowest BCUT2D eigenvalue weighted by molar-refractivity contribution is -0.196. The number of allylic oxidation sites excluding steroid dienone is 4. The largest absolute Gasteiger partial charge is 0.377 e. The van der Waals surface area contributed by atoms with Crippen LogP contribution < -0.4 is 0 Å². The fourth-order valence-electron chi connectivity index (χ4n) is 6.67. The van der Waals surface area contributed by atoms with Gasteiger partial charge in [0, 0.05) is 25.6 Å². The molecule has 6 atom stereocenters. The molecule has 0 N–H and O–H groups in total. The van der Waals surface area contributed by atoms with E-state index in [-0.39, 0.29) is 18.3 Å². The summed E-state index contributed by atoms with van der Waals surface area (Å²) in [6.07, 6.45) is 17.4. The average molecular weight is 537 g/mol. The quantitative estimate of drug-likeness (QED) is 0.157. The van der Waals surface area contributed by atoms with Gasteiger partial charge in [-0.2, -0.15) is 0 Å². The molecule has 1 aliphatic heterocycles. The summed E-state index contributed by atoms with van der Waals surface area (Å²) in [5, 5.41) is 0. The van der Waals surface area contributed by atoms with Gasteiger partial charge in [-0.05, 0) is 101 Å². The molecule has 0 radical (unpaired) electrons. The van der Waals surface area contributed by atoms with Gasteiger partial charge in [-0.15, -0.1) is 0 Å². The number of carbonyl (C=O) groups excluding carboxylic acids is 1. The second-order valence-corrected chi connectivity index (χ2v) is 12.6. The Hall–Kier alpha value is -1.75. The zero-order chi connectivity index (χ0) is 27.5. The van der Waals surface area contributed by atoms with Crippen LogP contribution in [0.1, 0.15) is 103 Å². The summed E-state index contributed by atoms with van der Waals surface area (Å²) >= 11 is 0. The number of fused-ring (bicyclic) bond motifs is 1. The van der Waals surface area contributed by atoms with Crippen molar-refractivity contribution in [1.29, 1.82) is 0 Å². The summed E-state index contributed by atoms with van der Waals surface area (Å²) in [4.78, 5) is 13.7. The van der Waals surface area contributed by atoms with Gasteiger partial charge in [-0.3, -0.25) is 4.79 Å². The van der Waals surface area contributed by atoms with Gasteiger partial charge >= 0.3 is 0 Å². The first-order chi connectivity index (χ1) is 19.0. The van der Waals surface area contributed by atoms with E-state index >= 15 is 0 Å². The normalized spacial score (nSPS) is 27.2. The molecule has 4 rings (SSSR count). The maximum atomic E-state index is 13.7. The van der Waals surface area contributed by atoms with E-state index in [1.54, 1.807) is 5.57 Å². The molecular formula is C35H52O4. The molecule has 1 heterocycles. The Balaban J connectivity index is 1.23. The Morgan fingerprint density at radius 3 is 2.74 bits per heavy atom. The zero-order valence-electron chi connectivity index (χ0n) is 24.7. The number of hydrogen-bond acceptors (Lipinski definition) is 4. The van der Waals surface area contributed by atoms with Crippen LogP contribution in [0, 0.1) is 23.7 Å². The third kappa shape index (κ3) is 9.69. The van der Waals surface area contributed by atoms with Crippen LogP contribution in [0.25, 0.3) is 0 Å². The average Bonchev–Trinajstić information content (AvgIpc) is 3.48. The van der Waals surface area contributed by atoms with Crippen LogP contribution in [0.3, 0.4) is 0 Å². The summed E-state index contributed by atoms with van der Waals surface area (Å²) in [6.45, 7) is 8.88. The second kappa shape index (κ2) is 15.9. The number of ketones is 1. The lowest BCUT2D eigenvalue weighted by Crippen LogP contribution is -2.35. The first-order valence-electron chi connectivity index (χ1n) is 15.7. The van der Waals surface area contributed by atoms with Crippen LogP contribution in [0.2, 0.25) is 0 Å². The molecular weight excluding hydrogens is 484 g/mol. The van der Waals surface area contributed by atoms with E-state index in [9.17, 15) is 4.79 Å². The van der Waals surface area contributed by atoms with Crippen molar-refractivity contribution in [3.63, 3.8) is 0 Å². The lowest BCUT2D eigenvalue weighted by atomic mass is 9.83. The minimum atomic E-state index is -0.123. The van der Waals surface area contributed by atoms with E-state index in [2.05, 4.69) is 57.2 Å². The van der Waals surface area contributed by atoms with Gasteiger partial charge < -0.3 is 14.2 Å². The Kier molecular flexibility index (Phi) is 12.3. The van der Waals surface area contributed by atoms with Gasteiger partial charge in [0.2, 0.25) is 0 Å². The third-order valence-electron chi connectivity index (χ3n) is 8.91. The molecule has 1 saturated heterocycles. The summed E-state index contributed by atoms with van der Waals surface area (Å²) in [6, 6.07) is 10.4. The second-order valence-electron chi connectivity index (χ2n) is 12.6. The van der Waals surface area contributed by atoms with Crippen LogP contribution >= 0.6 is 0 Å².